The van der Waals surface area contributed by atoms with E-state index in [9.17, 15) is 4.79 Å². The molecule has 1 aliphatic heterocycles. The molecule has 6 heteroatoms. The minimum absolute atomic E-state index is 0.233. The van der Waals surface area contributed by atoms with Gasteiger partial charge >= 0.3 is 5.97 Å². The van der Waals surface area contributed by atoms with Crippen LogP contribution in [0.2, 0.25) is 0 Å². The molecule has 0 spiro atoms. The summed E-state index contributed by atoms with van der Waals surface area (Å²) in [4.78, 5) is 11.2. The molecular weight excluding hydrogens is 250 g/mol. The largest absolute Gasteiger partial charge is 0.464 e. The molecule has 2 rings (SSSR count). The Labute approximate surface area is 111 Å². The maximum Gasteiger partial charge on any atom is 0.358 e. The van der Waals surface area contributed by atoms with Crippen LogP contribution in [0.3, 0.4) is 0 Å². The van der Waals surface area contributed by atoms with E-state index in [-0.39, 0.29) is 5.69 Å². The number of hydrogen-bond acceptors (Lipinski definition) is 6. The topological polar surface area (TPSA) is 64.1 Å². The number of carbonyl (C=O) groups excluding carboxylic acids is 1. The van der Waals surface area contributed by atoms with Crippen molar-refractivity contribution in [1.29, 1.82) is 0 Å². The summed E-state index contributed by atoms with van der Waals surface area (Å²) in [6.45, 7) is 0.923. The van der Waals surface area contributed by atoms with E-state index in [1.165, 1.54) is 31.5 Å². The third-order valence-electron chi connectivity index (χ3n) is 2.97. The van der Waals surface area contributed by atoms with E-state index in [0.717, 1.165) is 6.54 Å². The van der Waals surface area contributed by atoms with Gasteiger partial charge in [-0.15, -0.1) is 10.2 Å². The second-order valence-corrected chi connectivity index (χ2v) is 5.46. The zero-order valence-corrected chi connectivity index (χ0v) is 11.2. The zero-order chi connectivity index (χ0) is 12.8. The third-order valence-corrected chi connectivity index (χ3v) is 4.02. The van der Waals surface area contributed by atoms with Crippen molar-refractivity contribution in [2.75, 3.05) is 30.5 Å². The number of nitrogens with one attached hydrogen (secondary N) is 1. The van der Waals surface area contributed by atoms with Gasteiger partial charge in [0, 0.05) is 6.54 Å². The molecule has 1 aromatic heterocycles. The molecule has 0 bridgehead atoms. The molecule has 0 radical (unpaired) electrons. The second kappa shape index (κ2) is 6.58. The van der Waals surface area contributed by atoms with Crippen LogP contribution in [0.5, 0.6) is 0 Å². The molecule has 1 aliphatic rings. The SMILES string of the molecule is COC(=O)c1ccc(NCC2CCSCC2)nn1. The van der Waals surface area contributed by atoms with Crippen LogP contribution >= 0.6 is 11.8 Å². The van der Waals surface area contributed by atoms with E-state index < -0.39 is 5.97 Å². The van der Waals surface area contributed by atoms with Crippen molar-refractivity contribution in [2.45, 2.75) is 12.8 Å². The van der Waals surface area contributed by atoms with Gasteiger partial charge in [-0.3, -0.25) is 0 Å². The first-order valence-electron chi connectivity index (χ1n) is 6.03. The molecule has 0 aromatic carbocycles. The van der Waals surface area contributed by atoms with Gasteiger partial charge in [0.05, 0.1) is 7.11 Å². The third kappa shape index (κ3) is 3.60. The van der Waals surface area contributed by atoms with E-state index in [0.29, 0.717) is 11.7 Å². The lowest BCUT2D eigenvalue weighted by Gasteiger charge is -2.21. The Bertz CT molecular complexity index is 391. The number of methoxy groups -OCH3 is 1. The van der Waals surface area contributed by atoms with Crippen LogP contribution in [0.25, 0.3) is 0 Å². The van der Waals surface area contributed by atoms with Crippen LogP contribution in [0, 0.1) is 5.92 Å². The summed E-state index contributed by atoms with van der Waals surface area (Å²) in [6, 6.07) is 3.38. The average molecular weight is 267 g/mol. The van der Waals surface area contributed by atoms with Gasteiger partial charge in [0.15, 0.2) is 5.69 Å². The van der Waals surface area contributed by atoms with Crippen molar-refractivity contribution in [2.24, 2.45) is 5.92 Å². The van der Waals surface area contributed by atoms with Crippen molar-refractivity contribution < 1.29 is 9.53 Å². The number of esters is 1. The quantitative estimate of drug-likeness (QED) is 0.839. The Morgan fingerprint density at radius 3 is 2.83 bits per heavy atom. The maximum absolute atomic E-state index is 11.2. The van der Waals surface area contributed by atoms with Gasteiger partial charge in [0.1, 0.15) is 5.82 Å². The molecule has 1 aromatic rings. The highest BCUT2D eigenvalue weighted by molar-refractivity contribution is 7.99. The Morgan fingerprint density at radius 2 is 2.22 bits per heavy atom. The number of aromatic nitrogens is 2. The molecule has 98 valence electrons. The first-order valence-corrected chi connectivity index (χ1v) is 7.18. The molecule has 5 nitrogen and oxygen atoms in total. The predicted molar refractivity (Wildman–Crippen MR) is 71.9 cm³/mol. The molecule has 1 N–H and O–H groups in total. The summed E-state index contributed by atoms with van der Waals surface area (Å²) in [5.41, 5.74) is 0.233. The minimum atomic E-state index is -0.460. The summed E-state index contributed by atoms with van der Waals surface area (Å²) in [5, 5.41) is 11.1. The van der Waals surface area contributed by atoms with Crippen molar-refractivity contribution in [3.8, 4) is 0 Å². The van der Waals surface area contributed by atoms with Gasteiger partial charge in [-0.2, -0.15) is 11.8 Å². The molecule has 0 unspecified atom stereocenters. The van der Waals surface area contributed by atoms with Crippen LogP contribution in [0.4, 0.5) is 5.82 Å². The van der Waals surface area contributed by atoms with Gasteiger partial charge in [-0.05, 0) is 42.4 Å². The normalized spacial score (nSPS) is 16.3. The standard InChI is InChI=1S/C12H17N3O2S/c1-17-12(16)10-2-3-11(15-14-10)13-8-9-4-6-18-7-5-9/h2-3,9H,4-8H2,1H3,(H,13,15). The second-order valence-electron chi connectivity index (χ2n) is 4.23. The molecule has 1 fully saturated rings. The molecule has 0 aliphatic carbocycles. The lowest BCUT2D eigenvalue weighted by Crippen LogP contribution is -2.19. The van der Waals surface area contributed by atoms with Crippen molar-refractivity contribution in [3.63, 3.8) is 0 Å². The van der Waals surface area contributed by atoms with Crippen LogP contribution in [0.1, 0.15) is 23.3 Å². The molecular formula is C12H17N3O2S. The van der Waals surface area contributed by atoms with Gasteiger partial charge < -0.3 is 10.1 Å². The molecule has 0 amide bonds. The fourth-order valence-electron chi connectivity index (χ4n) is 1.84. The monoisotopic (exact) mass is 267 g/mol. The van der Waals surface area contributed by atoms with Crippen LogP contribution < -0.4 is 5.32 Å². The molecule has 2 heterocycles. The zero-order valence-electron chi connectivity index (χ0n) is 10.4. The van der Waals surface area contributed by atoms with Crippen molar-refractivity contribution >= 4 is 23.5 Å². The first-order chi connectivity index (χ1) is 8.79. The fraction of sp³-hybridized carbons (Fsp3) is 0.583. The number of nitrogens with zero attached hydrogens (tertiary/aromatic N) is 2. The smallest absolute Gasteiger partial charge is 0.358 e. The number of anilines is 1. The van der Waals surface area contributed by atoms with Crippen molar-refractivity contribution in [3.05, 3.63) is 17.8 Å². The van der Waals surface area contributed by atoms with Gasteiger partial charge in [0.25, 0.3) is 0 Å². The lowest BCUT2D eigenvalue weighted by molar-refractivity contribution is 0.0593. The summed E-state index contributed by atoms with van der Waals surface area (Å²) in [5.74, 6) is 3.46. The number of ether oxygens (including phenoxy) is 1. The van der Waals surface area contributed by atoms with Crippen molar-refractivity contribution in [1.82, 2.24) is 10.2 Å². The summed E-state index contributed by atoms with van der Waals surface area (Å²) in [7, 11) is 1.33. The summed E-state index contributed by atoms with van der Waals surface area (Å²) < 4.78 is 4.57. The summed E-state index contributed by atoms with van der Waals surface area (Å²) in [6.07, 6.45) is 2.51. The Kier molecular flexibility index (Phi) is 4.81. The first kappa shape index (κ1) is 13.1. The average Bonchev–Trinajstić information content (AvgIpc) is 2.46. The number of carbonyl (C=O) groups is 1. The van der Waals surface area contributed by atoms with E-state index >= 15 is 0 Å². The highest BCUT2D eigenvalue weighted by Crippen LogP contribution is 2.22. The van der Waals surface area contributed by atoms with Crippen LogP contribution in [-0.2, 0) is 4.74 Å². The summed E-state index contributed by atoms with van der Waals surface area (Å²) >= 11 is 2.02. The van der Waals surface area contributed by atoms with Crippen LogP contribution in [0.15, 0.2) is 12.1 Å². The Hall–Kier alpha value is -1.30. The maximum atomic E-state index is 11.2. The highest BCUT2D eigenvalue weighted by Gasteiger charge is 2.13. The predicted octanol–water partition coefficient (Wildman–Crippen LogP) is 1.82. The van der Waals surface area contributed by atoms with Gasteiger partial charge in [-0.25, -0.2) is 4.79 Å². The Balaban J connectivity index is 1.84. The molecule has 0 atom stereocenters. The Morgan fingerprint density at radius 1 is 1.44 bits per heavy atom. The van der Waals surface area contributed by atoms with E-state index in [1.54, 1.807) is 12.1 Å². The van der Waals surface area contributed by atoms with E-state index in [1.807, 2.05) is 11.8 Å². The highest BCUT2D eigenvalue weighted by atomic mass is 32.2. The number of hydrogen-bond donors (Lipinski definition) is 1. The van der Waals surface area contributed by atoms with Gasteiger partial charge in [-0.1, -0.05) is 0 Å². The minimum Gasteiger partial charge on any atom is -0.464 e. The van der Waals surface area contributed by atoms with E-state index in [4.69, 9.17) is 0 Å². The number of thioether (sulfide) groups is 1. The molecule has 18 heavy (non-hydrogen) atoms. The lowest BCUT2D eigenvalue weighted by atomic mass is 10.0. The number of rotatable bonds is 4. The fourth-order valence-corrected chi connectivity index (χ4v) is 3.04. The molecule has 0 saturated carbocycles. The molecule has 1 saturated heterocycles. The van der Waals surface area contributed by atoms with E-state index in [2.05, 4.69) is 20.3 Å². The van der Waals surface area contributed by atoms with Gasteiger partial charge in [0.2, 0.25) is 0 Å². The van der Waals surface area contributed by atoms with Crippen LogP contribution in [-0.4, -0.2) is 41.3 Å².